The van der Waals surface area contributed by atoms with Crippen molar-refractivity contribution in [1.82, 2.24) is 0 Å². The fourth-order valence-corrected chi connectivity index (χ4v) is 68.7. The summed E-state index contributed by atoms with van der Waals surface area (Å²) in [7, 11) is 14.7. The summed E-state index contributed by atoms with van der Waals surface area (Å²) in [6, 6.07) is 27.1. The number of halogens is 1. The maximum Gasteiger partial charge on any atom is 0.488 e. The lowest BCUT2D eigenvalue weighted by atomic mass is 9.92. The number of benzene rings is 5. The molecule has 6 unspecified atom stereocenters. The molecule has 6 saturated heterocycles. The first kappa shape index (κ1) is 102. The number of aliphatic hydroxyl groups excluding tert-OH is 2. The van der Waals surface area contributed by atoms with Crippen molar-refractivity contribution in [3.63, 3.8) is 0 Å². The van der Waals surface area contributed by atoms with Gasteiger partial charge in [-0.25, -0.2) is 16.7 Å². The number of hydrogen-bond acceptors (Lipinski definition) is 33. The Kier molecular flexibility index (Phi) is 44.9. The van der Waals surface area contributed by atoms with E-state index in [1.165, 1.54) is 61.1 Å². The van der Waals surface area contributed by atoms with Gasteiger partial charge in [-0.1, -0.05) is 77.7 Å². The highest BCUT2D eigenvalue weighted by molar-refractivity contribution is 8.79. The molecule has 6 aliphatic rings. The van der Waals surface area contributed by atoms with Gasteiger partial charge in [0, 0.05) is 260 Å². The van der Waals surface area contributed by atoms with Gasteiger partial charge in [0.2, 0.25) is 0 Å². The van der Waals surface area contributed by atoms with Crippen molar-refractivity contribution in [2.75, 3.05) is 19.8 Å². The number of fused-ring (bicyclic) bond motifs is 6. The molecule has 6 aliphatic heterocycles. The number of nitro groups is 2. The van der Waals surface area contributed by atoms with Gasteiger partial charge in [-0.2, -0.15) is 42.1 Å². The molecule has 5 aromatic carbocycles. The molecule has 654 valence electrons. The van der Waals surface area contributed by atoms with Gasteiger partial charge in [0.05, 0.1) is 35.8 Å². The Morgan fingerprint density at radius 1 is 0.359 bits per heavy atom. The lowest BCUT2D eigenvalue weighted by Crippen LogP contribution is -2.52. The highest BCUT2D eigenvalue weighted by Crippen LogP contribution is 2.40. The van der Waals surface area contributed by atoms with E-state index in [1.54, 1.807) is 192 Å². The summed E-state index contributed by atoms with van der Waals surface area (Å²) in [5.74, 6) is -2.27. The Morgan fingerprint density at radius 2 is 0.598 bits per heavy atom. The molecular formula is C54H61FN2O31S29. The summed E-state index contributed by atoms with van der Waals surface area (Å²) in [6.45, 7) is 10.6. The number of ether oxygens (including phenoxy) is 6. The molecule has 6 bridgehead atoms. The van der Waals surface area contributed by atoms with Gasteiger partial charge in [0.1, 0.15) is 77.6 Å². The maximum absolute atomic E-state index is 12.5. The van der Waals surface area contributed by atoms with Crippen LogP contribution in [0.25, 0.3) is 0 Å². The SMILES string of the molecule is C[C@@H]1C(O)[C@@H]2OCC(O2)[C@H]1O.C[C@@H]1C(OS(=O)(=O)Oc2ccc([N+](=O)[O-])cc2)[C@@H]2OCC(O2)[C@H]1OS(=O)(=O)Oc1ccc([N+](=O)[O-])cc1.Cc1ccc(OS(=O)(=O)F)cc1.Cc1ccc(OS(=O)(=O)OC2[C@@H]3OCC(O3)[C@@H](OS(=O)(=O)Oc3ccc(C)cc3)[C@@H]2C)cc1.S=S=S=S=S=S=S=S=S=S=S=S=S=S=S=S=S=S=S=S=S=S=S=S. The van der Waals surface area contributed by atoms with Crippen molar-refractivity contribution in [3.05, 3.63) is 158 Å². The minimum atomic E-state index is -4.89. The van der Waals surface area contributed by atoms with E-state index in [2.05, 4.69) is 4.18 Å². The molecule has 0 spiro atoms. The smallest absolute Gasteiger partial charge is 0.390 e. The van der Waals surface area contributed by atoms with Crippen LogP contribution < -0.4 is 20.9 Å². The van der Waals surface area contributed by atoms with Crippen molar-refractivity contribution in [2.45, 2.75) is 115 Å². The maximum atomic E-state index is 12.5. The van der Waals surface area contributed by atoms with Crippen LogP contribution in [-0.2, 0) is 315 Å². The van der Waals surface area contributed by atoms with Crippen LogP contribution in [0.3, 0.4) is 0 Å². The van der Waals surface area contributed by atoms with Crippen LogP contribution in [0.2, 0.25) is 0 Å². The molecule has 0 amide bonds. The average Bonchev–Trinajstić information content (AvgIpc) is 1.68. The molecule has 33 nitrogen and oxygen atoms in total. The van der Waals surface area contributed by atoms with Crippen molar-refractivity contribution in [3.8, 4) is 28.7 Å². The summed E-state index contributed by atoms with van der Waals surface area (Å²) in [6.07, 6.45) is -10.9. The van der Waals surface area contributed by atoms with E-state index in [0.717, 1.165) is 65.2 Å². The Labute approximate surface area is 743 Å². The van der Waals surface area contributed by atoms with Crippen LogP contribution in [0.5, 0.6) is 28.7 Å². The van der Waals surface area contributed by atoms with E-state index >= 15 is 0 Å². The van der Waals surface area contributed by atoms with Gasteiger partial charge in [0.25, 0.3) is 11.4 Å². The number of aliphatic hydroxyl groups is 2. The molecule has 0 aromatic heterocycles. The number of nitrogens with zero attached hydrogens (tertiary/aromatic N) is 2. The van der Waals surface area contributed by atoms with Crippen LogP contribution in [0.15, 0.2) is 121 Å². The third-order valence-corrected chi connectivity index (χ3v) is 65.4. The first-order valence-electron chi connectivity index (χ1n) is 31.4. The van der Waals surface area contributed by atoms with Gasteiger partial charge in [-0.05, 0) is 81.4 Å². The third-order valence-electron chi connectivity index (χ3n) is 14.9. The number of hydrogen-bond donors (Lipinski definition) is 2. The molecule has 6 heterocycles. The number of non-ortho nitro benzene ring substituents is 2. The molecule has 117 heavy (non-hydrogen) atoms. The first-order chi connectivity index (χ1) is 55.4. The molecule has 2 N–H and O–H groups in total. The molecule has 15 atom stereocenters. The number of rotatable bonds is 20. The monoisotopic (exact) mass is 2180 g/mol. The lowest BCUT2D eigenvalue weighted by molar-refractivity contribution is -0.385. The molecular weight excluding hydrogens is 2120 g/mol. The highest BCUT2D eigenvalue weighted by atomic mass is 33.5. The van der Waals surface area contributed by atoms with Gasteiger partial charge in [0.15, 0.2) is 18.9 Å². The standard InChI is InChI=1S/C21H24O10S2.C19H18N2O14S2.C7H7FO3S.C7H12O4.S24/c1-13-4-8-16(9-5-13)28-32(22,23)30-19-15(3)20(21-26-12-18(19)27-21)31-33(24,25)29-17-10-6-14(2)7-11-17;1-11-17(34-36(26,27)32-14-6-2-12(3-7-14)20(22)23)16-10-30-19(31-16)18(11)35-37(28,29)33-15-8-4-13(5-9-15)21(24)25;1-6-2-4-7(5-3-6)11-12(8,9)10;1-3-5(8)4-2-10-7(11-4)6(3)9;1-3-5-7-9-11-13-15-17-19-21-23-24-22-20-18-16-14-12-10-8-6-4-2/h4-11,15,18-21H,12H2,1-3H3;2-9,11,16-19H,10H2,1H3;2-5H,1H3;3-9H,2H2,1H3;/t15-,18?,19-,20?,21+;11-,16?,17-,18?,19+;;3-,4?,5-,6?,7+;/m00.0./s1. The zero-order valence-electron chi connectivity index (χ0n) is 59.2. The average molecular weight is 2180 g/mol. The number of aryl methyl sites for hydroxylation is 3. The molecule has 0 radical (unpaired) electrons. The van der Waals surface area contributed by atoms with Crippen molar-refractivity contribution in [2.24, 2.45) is 17.8 Å². The second kappa shape index (κ2) is 51.3. The summed E-state index contributed by atoms with van der Waals surface area (Å²) in [5, 5.41) is 40.4. The Balaban J connectivity index is 0.000000216. The van der Waals surface area contributed by atoms with Crippen molar-refractivity contribution in [1.29, 1.82) is 0 Å². The van der Waals surface area contributed by atoms with Crippen LogP contribution >= 0.6 is 0 Å². The van der Waals surface area contributed by atoms with E-state index < -0.39 is 141 Å². The van der Waals surface area contributed by atoms with Crippen molar-refractivity contribution >= 4 is 281 Å². The Bertz CT molecular complexity index is 5690. The van der Waals surface area contributed by atoms with Crippen molar-refractivity contribution < 1.29 is 132 Å². The second-order valence-corrected chi connectivity index (χ2v) is 67.4. The van der Waals surface area contributed by atoms with E-state index in [1.807, 2.05) is 56.3 Å². The van der Waals surface area contributed by atoms with Gasteiger partial charge in [-0.15, -0.1) is 0 Å². The summed E-state index contributed by atoms with van der Waals surface area (Å²) < 4.78 is 208. The van der Waals surface area contributed by atoms with Crippen LogP contribution in [0.1, 0.15) is 37.5 Å². The van der Waals surface area contributed by atoms with Gasteiger partial charge < -0.3 is 59.5 Å². The van der Waals surface area contributed by atoms with Crippen LogP contribution in [0.4, 0.5) is 15.3 Å². The molecule has 11 rings (SSSR count). The zero-order chi connectivity index (χ0) is 85.5. The fraction of sp³-hybridized carbons (Fsp3) is 0.444. The Morgan fingerprint density at radius 3 is 0.872 bits per heavy atom. The normalized spacial score (nSPS) is 23.7. The summed E-state index contributed by atoms with van der Waals surface area (Å²) in [5.41, 5.74) is 2.22. The topological polar surface area (TPSA) is 436 Å². The molecule has 6 fully saturated rings. The van der Waals surface area contributed by atoms with Crippen LogP contribution in [-0.4, -0.2) is 156 Å². The minimum absolute atomic E-state index is 0.00154. The fourth-order valence-electron chi connectivity index (χ4n) is 9.73. The van der Waals surface area contributed by atoms with E-state index in [-0.39, 0.29) is 65.4 Å². The van der Waals surface area contributed by atoms with Gasteiger partial charge >= 0.3 is 52.1 Å². The second-order valence-electron chi connectivity index (χ2n) is 22.8. The summed E-state index contributed by atoms with van der Waals surface area (Å²) >= 11 is 9.54. The lowest BCUT2D eigenvalue weighted by Gasteiger charge is -2.37. The largest absolute Gasteiger partial charge is 0.488 e. The molecule has 5 aromatic rings. The molecule has 63 heteroatoms. The third kappa shape index (κ3) is 37.1. The van der Waals surface area contributed by atoms with Gasteiger partial charge in [-0.3, -0.25) is 20.2 Å². The van der Waals surface area contributed by atoms with E-state index in [4.69, 9.17) is 84.3 Å². The predicted octanol–water partition coefficient (Wildman–Crippen LogP) is 4.65. The minimum Gasteiger partial charge on any atom is -0.390 e. The van der Waals surface area contributed by atoms with Crippen LogP contribution in [0, 0.1) is 58.8 Å². The highest BCUT2D eigenvalue weighted by Gasteiger charge is 2.55. The number of nitro benzene ring substituents is 2. The quantitative estimate of drug-likeness (QED) is 0.0608. The molecule has 0 saturated carbocycles. The predicted molar refractivity (Wildman–Crippen MR) is 488 cm³/mol. The van der Waals surface area contributed by atoms with E-state index in [9.17, 15) is 76.4 Å². The summed E-state index contributed by atoms with van der Waals surface area (Å²) in [4.78, 5) is 20.1. The van der Waals surface area contributed by atoms with E-state index in [0.29, 0.717) is 6.61 Å². The zero-order valence-corrected chi connectivity index (χ0v) is 82.9. The first-order valence-corrected chi connectivity index (χ1v) is 68.7. The molecule has 0 aliphatic carbocycles. The Hall–Kier alpha value is -1.62.